The molecule has 0 radical (unpaired) electrons. The van der Waals surface area contributed by atoms with Gasteiger partial charge in [-0.2, -0.15) is 0 Å². The van der Waals surface area contributed by atoms with Crippen molar-refractivity contribution in [3.63, 3.8) is 0 Å². The molecule has 4 rings (SSSR count). The molecule has 1 saturated heterocycles. The van der Waals surface area contributed by atoms with Crippen LogP contribution in [0.15, 0.2) is 84.4 Å². The van der Waals surface area contributed by atoms with Crippen molar-refractivity contribution in [1.29, 1.82) is 0 Å². The first-order chi connectivity index (χ1) is 15.0. The summed E-state index contributed by atoms with van der Waals surface area (Å²) in [7, 11) is 3.12. The van der Waals surface area contributed by atoms with Crippen LogP contribution in [0.3, 0.4) is 0 Å². The predicted molar refractivity (Wildman–Crippen MR) is 117 cm³/mol. The van der Waals surface area contributed by atoms with Crippen LogP contribution in [-0.4, -0.2) is 31.0 Å². The summed E-state index contributed by atoms with van der Waals surface area (Å²) in [4.78, 5) is 27.6. The number of amides is 1. The Hall–Kier alpha value is -4.06. The maximum Gasteiger partial charge on any atom is 0.300 e. The van der Waals surface area contributed by atoms with Crippen LogP contribution in [0.4, 0.5) is 5.69 Å². The number of nitrogens with zero attached hydrogens (tertiary/aromatic N) is 1. The molecule has 156 valence electrons. The molecule has 1 amide bonds. The Kier molecular flexibility index (Phi) is 5.45. The zero-order valence-corrected chi connectivity index (χ0v) is 17.1. The minimum atomic E-state index is -0.792. The highest BCUT2D eigenvalue weighted by molar-refractivity contribution is 6.51. The van der Waals surface area contributed by atoms with Gasteiger partial charge in [0.1, 0.15) is 17.3 Å². The molecule has 0 bridgehead atoms. The van der Waals surface area contributed by atoms with Gasteiger partial charge in [-0.3, -0.25) is 14.5 Å². The molecule has 3 aromatic rings. The summed E-state index contributed by atoms with van der Waals surface area (Å²) in [5, 5.41) is 11.0. The predicted octanol–water partition coefficient (Wildman–Crippen LogP) is 4.33. The molecule has 3 aromatic carbocycles. The van der Waals surface area contributed by atoms with E-state index in [2.05, 4.69) is 0 Å². The maximum absolute atomic E-state index is 13.1. The van der Waals surface area contributed by atoms with Gasteiger partial charge < -0.3 is 14.6 Å². The Balaban J connectivity index is 1.90. The molecule has 1 heterocycles. The van der Waals surface area contributed by atoms with Crippen LogP contribution in [0.5, 0.6) is 11.5 Å². The Morgan fingerprint density at radius 2 is 1.35 bits per heavy atom. The summed E-state index contributed by atoms with van der Waals surface area (Å²) in [6, 6.07) is 21.9. The van der Waals surface area contributed by atoms with Gasteiger partial charge in [0, 0.05) is 11.3 Å². The third-order valence-electron chi connectivity index (χ3n) is 5.27. The number of ketones is 1. The first-order valence-electron chi connectivity index (χ1n) is 9.69. The first-order valence-corrected chi connectivity index (χ1v) is 9.69. The van der Waals surface area contributed by atoms with Crippen molar-refractivity contribution < 1.29 is 24.2 Å². The van der Waals surface area contributed by atoms with Crippen molar-refractivity contribution in [3.05, 3.63) is 95.6 Å². The van der Waals surface area contributed by atoms with Crippen LogP contribution in [0.2, 0.25) is 0 Å². The normalized spacial score (nSPS) is 17.6. The third-order valence-corrected chi connectivity index (χ3v) is 5.27. The number of carbonyl (C=O) groups excluding carboxylic acids is 2. The number of aliphatic hydroxyl groups excluding tert-OH is 1. The molecule has 6 nitrogen and oxygen atoms in total. The van der Waals surface area contributed by atoms with E-state index >= 15 is 0 Å². The second kappa shape index (κ2) is 8.36. The number of Topliss-reactive ketones (excluding diaryl/α,β-unsaturated/α-hetero) is 1. The quantitative estimate of drug-likeness (QED) is 0.381. The summed E-state index contributed by atoms with van der Waals surface area (Å²) in [6.07, 6.45) is 0. The van der Waals surface area contributed by atoms with Crippen LogP contribution in [-0.2, 0) is 9.59 Å². The van der Waals surface area contributed by atoms with Crippen molar-refractivity contribution in [2.45, 2.75) is 6.04 Å². The highest BCUT2D eigenvalue weighted by Crippen LogP contribution is 2.42. The van der Waals surface area contributed by atoms with Crippen LogP contribution in [0, 0.1) is 0 Å². The Labute approximate surface area is 180 Å². The highest BCUT2D eigenvalue weighted by Gasteiger charge is 2.46. The molecular formula is C25H21NO5. The lowest BCUT2D eigenvalue weighted by Gasteiger charge is -2.25. The van der Waals surface area contributed by atoms with E-state index in [9.17, 15) is 14.7 Å². The van der Waals surface area contributed by atoms with Crippen LogP contribution >= 0.6 is 0 Å². The molecule has 6 heteroatoms. The van der Waals surface area contributed by atoms with Gasteiger partial charge in [-0.05, 0) is 42.0 Å². The molecule has 1 N–H and O–H groups in total. The monoisotopic (exact) mass is 415 g/mol. The Bertz CT molecular complexity index is 1130. The summed E-state index contributed by atoms with van der Waals surface area (Å²) >= 11 is 0. The Morgan fingerprint density at radius 3 is 1.90 bits per heavy atom. The van der Waals surface area contributed by atoms with Crippen molar-refractivity contribution in [2.75, 3.05) is 19.1 Å². The lowest BCUT2D eigenvalue weighted by atomic mass is 9.95. The SMILES string of the molecule is COc1ccc(C2/C(=C(\O)c3ccccc3)C(=O)C(=O)N2c2ccc(OC)cc2)cc1. The average Bonchev–Trinajstić information content (AvgIpc) is 3.09. The fraction of sp³-hybridized carbons (Fsp3) is 0.120. The van der Waals surface area contributed by atoms with Gasteiger partial charge >= 0.3 is 0 Å². The van der Waals surface area contributed by atoms with Crippen LogP contribution in [0.1, 0.15) is 17.2 Å². The van der Waals surface area contributed by atoms with Crippen molar-refractivity contribution >= 4 is 23.1 Å². The molecule has 0 saturated carbocycles. The number of ether oxygens (including phenoxy) is 2. The second-order valence-corrected chi connectivity index (χ2v) is 7.01. The van der Waals surface area contributed by atoms with Crippen LogP contribution < -0.4 is 14.4 Å². The van der Waals surface area contributed by atoms with E-state index in [0.29, 0.717) is 28.3 Å². The molecule has 0 spiro atoms. The molecular weight excluding hydrogens is 394 g/mol. The van der Waals surface area contributed by atoms with E-state index in [-0.39, 0.29) is 11.3 Å². The van der Waals surface area contributed by atoms with Crippen molar-refractivity contribution in [3.8, 4) is 11.5 Å². The van der Waals surface area contributed by atoms with E-state index < -0.39 is 17.7 Å². The molecule has 0 aliphatic carbocycles. The summed E-state index contributed by atoms with van der Waals surface area (Å²) in [5.74, 6) is -0.379. The van der Waals surface area contributed by atoms with E-state index in [1.807, 2.05) is 6.07 Å². The maximum atomic E-state index is 13.1. The van der Waals surface area contributed by atoms with Crippen molar-refractivity contribution in [2.24, 2.45) is 0 Å². The average molecular weight is 415 g/mol. The molecule has 1 aliphatic heterocycles. The second-order valence-electron chi connectivity index (χ2n) is 7.01. The van der Waals surface area contributed by atoms with E-state index in [0.717, 1.165) is 0 Å². The fourth-order valence-electron chi connectivity index (χ4n) is 3.69. The zero-order valence-electron chi connectivity index (χ0n) is 17.1. The van der Waals surface area contributed by atoms with E-state index in [1.54, 1.807) is 87.0 Å². The third kappa shape index (κ3) is 3.64. The molecule has 1 unspecified atom stereocenters. The van der Waals surface area contributed by atoms with Gasteiger partial charge in [-0.25, -0.2) is 0 Å². The molecule has 31 heavy (non-hydrogen) atoms. The number of anilines is 1. The Morgan fingerprint density at radius 1 is 0.806 bits per heavy atom. The minimum Gasteiger partial charge on any atom is -0.507 e. The summed E-state index contributed by atoms with van der Waals surface area (Å²) in [5.41, 5.74) is 1.70. The summed E-state index contributed by atoms with van der Waals surface area (Å²) in [6.45, 7) is 0. The molecule has 1 aliphatic rings. The number of hydrogen-bond acceptors (Lipinski definition) is 5. The minimum absolute atomic E-state index is 0.0391. The largest absolute Gasteiger partial charge is 0.507 e. The number of rotatable bonds is 5. The van der Waals surface area contributed by atoms with Gasteiger partial charge in [-0.15, -0.1) is 0 Å². The van der Waals surface area contributed by atoms with Gasteiger partial charge in [0.25, 0.3) is 11.7 Å². The summed E-state index contributed by atoms with van der Waals surface area (Å²) < 4.78 is 10.4. The number of aliphatic hydroxyl groups is 1. The first kappa shape index (κ1) is 20.2. The van der Waals surface area contributed by atoms with Crippen LogP contribution in [0.25, 0.3) is 5.76 Å². The smallest absolute Gasteiger partial charge is 0.300 e. The van der Waals surface area contributed by atoms with Gasteiger partial charge in [0.15, 0.2) is 0 Å². The van der Waals surface area contributed by atoms with Gasteiger partial charge in [0.05, 0.1) is 25.8 Å². The number of carbonyl (C=O) groups is 2. The zero-order chi connectivity index (χ0) is 22.0. The lowest BCUT2D eigenvalue weighted by molar-refractivity contribution is -0.132. The lowest BCUT2D eigenvalue weighted by Crippen LogP contribution is -2.29. The molecule has 1 atom stereocenters. The van der Waals surface area contributed by atoms with Gasteiger partial charge in [0.2, 0.25) is 0 Å². The van der Waals surface area contributed by atoms with E-state index in [1.165, 1.54) is 4.90 Å². The fourth-order valence-corrected chi connectivity index (χ4v) is 3.69. The topological polar surface area (TPSA) is 76.1 Å². The highest BCUT2D eigenvalue weighted by atomic mass is 16.5. The number of benzene rings is 3. The number of methoxy groups -OCH3 is 2. The van der Waals surface area contributed by atoms with Gasteiger partial charge in [-0.1, -0.05) is 42.5 Å². The molecule has 0 aromatic heterocycles. The number of hydrogen-bond donors (Lipinski definition) is 1. The van der Waals surface area contributed by atoms with Crippen molar-refractivity contribution in [1.82, 2.24) is 0 Å². The van der Waals surface area contributed by atoms with E-state index in [4.69, 9.17) is 9.47 Å². The standard InChI is InChI=1S/C25H21NO5/c1-30-19-12-8-16(9-13-19)22-21(23(27)17-6-4-3-5-7-17)24(28)25(29)26(22)18-10-14-20(31-2)15-11-18/h3-15,22,27H,1-2H3/b23-21+. The molecule has 1 fully saturated rings.